The number of halogens is 1. The van der Waals surface area contributed by atoms with Gasteiger partial charge in [0.2, 0.25) is 0 Å². The number of rotatable bonds is 2. The van der Waals surface area contributed by atoms with E-state index in [9.17, 15) is 0 Å². The summed E-state index contributed by atoms with van der Waals surface area (Å²) in [6, 6.07) is 6.47. The van der Waals surface area contributed by atoms with Crippen LogP contribution in [-0.4, -0.2) is 0 Å². The molecule has 1 aromatic carbocycles. The first-order valence-electron chi connectivity index (χ1n) is 5.08. The molecule has 1 unspecified atom stereocenters. The van der Waals surface area contributed by atoms with Gasteiger partial charge in [-0.15, -0.1) is 0 Å². The van der Waals surface area contributed by atoms with Gasteiger partial charge in [0.25, 0.3) is 0 Å². The van der Waals surface area contributed by atoms with Gasteiger partial charge in [-0.1, -0.05) is 54.4 Å². The van der Waals surface area contributed by atoms with Crippen LogP contribution in [-0.2, 0) is 0 Å². The summed E-state index contributed by atoms with van der Waals surface area (Å²) in [5.41, 5.74) is 5.45. The highest BCUT2D eigenvalue weighted by Crippen LogP contribution is 2.36. The van der Waals surface area contributed by atoms with Gasteiger partial charge in [0.15, 0.2) is 0 Å². The lowest BCUT2D eigenvalue weighted by atomic mass is 9.82. The molecule has 2 nitrogen and oxygen atoms in total. The van der Waals surface area contributed by atoms with Gasteiger partial charge < -0.3 is 0 Å². The number of aryl methyl sites for hydroxylation is 1. The molecule has 1 atom stereocenters. The van der Waals surface area contributed by atoms with Gasteiger partial charge in [-0.2, -0.15) is 0 Å². The van der Waals surface area contributed by atoms with Gasteiger partial charge in [0, 0.05) is 4.47 Å². The Balaban J connectivity index is 3.18. The second-order valence-corrected chi connectivity index (χ2v) is 5.85. The molecule has 15 heavy (non-hydrogen) atoms. The minimum Gasteiger partial charge on any atom is -0.271 e. The number of hydrogen-bond donors (Lipinski definition) is 2. The van der Waals surface area contributed by atoms with Crippen LogP contribution in [0.4, 0.5) is 0 Å². The molecular formula is C12H19BrN2. The average molecular weight is 271 g/mol. The number of benzene rings is 1. The third-order valence-electron chi connectivity index (χ3n) is 2.50. The minimum atomic E-state index is 0.0884. The molecule has 84 valence electrons. The Morgan fingerprint density at radius 3 is 2.40 bits per heavy atom. The summed E-state index contributed by atoms with van der Waals surface area (Å²) < 4.78 is 1.10. The first kappa shape index (κ1) is 12.7. The van der Waals surface area contributed by atoms with Crippen molar-refractivity contribution in [1.82, 2.24) is 5.43 Å². The first-order chi connectivity index (χ1) is 6.86. The van der Waals surface area contributed by atoms with Crippen LogP contribution in [0.25, 0.3) is 0 Å². The van der Waals surface area contributed by atoms with Crippen molar-refractivity contribution in [2.75, 3.05) is 0 Å². The van der Waals surface area contributed by atoms with E-state index in [1.165, 1.54) is 11.1 Å². The molecular weight excluding hydrogens is 252 g/mol. The van der Waals surface area contributed by atoms with Gasteiger partial charge in [0.05, 0.1) is 6.04 Å². The minimum absolute atomic E-state index is 0.0884. The van der Waals surface area contributed by atoms with Crippen LogP contribution in [0.5, 0.6) is 0 Å². The predicted molar refractivity (Wildman–Crippen MR) is 68.4 cm³/mol. The molecule has 0 aliphatic carbocycles. The lowest BCUT2D eigenvalue weighted by Crippen LogP contribution is -2.37. The molecule has 0 saturated heterocycles. The van der Waals surface area contributed by atoms with E-state index in [1.807, 2.05) is 0 Å². The van der Waals surface area contributed by atoms with E-state index in [-0.39, 0.29) is 11.5 Å². The number of hydrazine groups is 1. The van der Waals surface area contributed by atoms with Crippen molar-refractivity contribution < 1.29 is 0 Å². The van der Waals surface area contributed by atoms with Crippen molar-refractivity contribution in [2.45, 2.75) is 33.7 Å². The van der Waals surface area contributed by atoms with Crippen LogP contribution >= 0.6 is 15.9 Å². The summed E-state index contributed by atoms with van der Waals surface area (Å²) >= 11 is 3.57. The Hall–Kier alpha value is -0.380. The predicted octanol–water partition coefficient (Wildman–Crippen LogP) is 3.31. The normalized spacial score (nSPS) is 14.0. The maximum absolute atomic E-state index is 5.64. The zero-order chi connectivity index (χ0) is 11.6. The Labute approximate surface area is 100 Å². The van der Waals surface area contributed by atoms with Crippen molar-refractivity contribution >= 4 is 15.9 Å². The largest absolute Gasteiger partial charge is 0.271 e. The molecule has 0 aliphatic heterocycles. The lowest BCUT2D eigenvalue weighted by Gasteiger charge is -2.31. The van der Waals surface area contributed by atoms with E-state index in [1.54, 1.807) is 0 Å². The van der Waals surface area contributed by atoms with E-state index in [2.05, 4.69) is 67.2 Å². The van der Waals surface area contributed by atoms with Crippen LogP contribution in [0.2, 0.25) is 0 Å². The fourth-order valence-electron chi connectivity index (χ4n) is 1.69. The van der Waals surface area contributed by atoms with Gasteiger partial charge in [-0.25, -0.2) is 0 Å². The zero-order valence-corrected chi connectivity index (χ0v) is 11.4. The summed E-state index contributed by atoms with van der Waals surface area (Å²) in [6.45, 7) is 8.61. The van der Waals surface area contributed by atoms with Crippen molar-refractivity contribution in [1.29, 1.82) is 0 Å². The summed E-state index contributed by atoms with van der Waals surface area (Å²) in [5.74, 6) is 5.64. The quantitative estimate of drug-likeness (QED) is 0.639. The van der Waals surface area contributed by atoms with E-state index in [0.29, 0.717) is 0 Å². The molecule has 0 aromatic heterocycles. The Morgan fingerprint density at radius 1 is 1.33 bits per heavy atom. The topological polar surface area (TPSA) is 38.0 Å². The first-order valence-corrected chi connectivity index (χ1v) is 5.87. The number of nitrogens with two attached hydrogens (primary N) is 1. The van der Waals surface area contributed by atoms with Gasteiger partial charge in [-0.3, -0.25) is 11.3 Å². The fraction of sp³-hybridized carbons (Fsp3) is 0.500. The van der Waals surface area contributed by atoms with Crippen molar-refractivity contribution in [3.8, 4) is 0 Å². The molecule has 0 bridgehead atoms. The number of hydrogen-bond acceptors (Lipinski definition) is 2. The molecule has 0 fully saturated rings. The van der Waals surface area contributed by atoms with Gasteiger partial charge in [-0.05, 0) is 24.0 Å². The molecule has 1 aromatic rings. The van der Waals surface area contributed by atoms with E-state index in [0.717, 1.165) is 4.47 Å². The molecule has 0 saturated carbocycles. The maximum atomic E-state index is 5.64. The van der Waals surface area contributed by atoms with E-state index in [4.69, 9.17) is 5.84 Å². The van der Waals surface area contributed by atoms with E-state index >= 15 is 0 Å². The van der Waals surface area contributed by atoms with Crippen LogP contribution in [0.3, 0.4) is 0 Å². The molecule has 3 N–H and O–H groups in total. The molecule has 0 heterocycles. The summed E-state index contributed by atoms with van der Waals surface area (Å²) in [5, 5.41) is 0. The Bertz CT molecular complexity index is 342. The van der Waals surface area contributed by atoms with Crippen LogP contribution < -0.4 is 11.3 Å². The third kappa shape index (κ3) is 3.03. The summed E-state index contributed by atoms with van der Waals surface area (Å²) in [7, 11) is 0. The smallest absolute Gasteiger partial charge is 0.0519 e. The highest BCUT2D eigenvalue weighted by atomic mass is 79.9. The van der Waals surface area contributed by atoms with Crippen LogP contribution in [0.1, 0.15) is 37.9 Å². The fourth-order valence-corrected chi connectivity index (χ4v) is 2.17. The van der Waals surface area contributed by atoms with Gasteiger partial charge >= 0.3 is 0 Å². The third-order valence-corrected chi connectivity index (χ3v) is 3.22. The van der Waals surface area contributed by atoms with E-state index < -0.39 is 0 Å². The van der Waals surface area contributed by atoms with Crippen molar-refractivity contribution in [3.63, 3.8) is 0 Å². The lowest BCUT2D eigenvalue weighted by molar-refractivity contribution is 0.274. The number of nitrogens with one attached hydrogen (secondary N) is 1. The molecule has 0 aliphatic rings. The Morgan fingerprint density at radius 2 is 1.93 bits per heavy atom. The van der Waals surface area contributed by atoms with Crippen molar-refractivity contribution in [3.05, 3.63) is 33.8 Å². The highest BCUT2D eigenvalue weighted by molar-refractivity contribution is 9.10. The second kappa shape index (κ2) is 4.64. The standard InChI is InChI=1S/C12H19BrN2/c1-8-5-6-10(13)9(7-8)11(15-14)12(2,3)4/h5-7,11,15H,14H2,1-4H3. The van der Waals surface area contributed by atoms with Gasteiger partial charge in [0.1, 0.15) is 0 Å². The molecule has 0 amide bonds. The molecule has 0 spiro atoms. The zero-order valence-electron chi connectivity index (χ0n) is 9.76. The second-order valence-electron chi connectivity index (χ2n) is 4.99. The van der Waals surface area contributed by atoms with Crippen LogP contribution in [0, 0.1) is 12.3 Å². The molecule has 1 rings (SSSR count). The monoisotopic (exact) mass is 270 g/mol. The summed E-state index contributed by atoms with van der Waals surface area (Å²) in [6.07, 6.45) is 0. The SMILES string of the molecule is Cc1ccc(Br)c(C(NN)C(C)(C)C)c1. The average Bonchev–Trinajstić information content (AvgIpc) is 2.10. The summed E-state index contributed by atoms with van der Waals surface area (Å²) in [4.78, 5) is 0. The Kier molecular flexibility index (Phi) is 3.93. The molecule has 0 radical (unpaired) electrons. The highest BCUT2D eigenvalue weighted by Gasteiger charge is 2.26. The maximum Gasteiger partial charge on any atom is 0.0519 e. The molecule has 3 heteroatoms. The van der Waals surface area contributed by atoms with Crippen LogP contribution in [0.15, 0.2) is 22.7 Å². The van der Waals surface area contributed by atoms with Crippen molar-refractivity contribution in [2.24, 2.45) is 11.3 Å².